The number of rotatable bonds is 7. The lowest BCUT2D eigenvalue weighted by atomic mass is 10.0. The predicted molar refractivity (Wildman–Crippen MR) is 79.4 cm³/mol. The van der Waals surface area contributed by atoms with Crippen LogP contribution in [0.4, 0.5) is 0 Å². The second-order valence-corrected chi connectivity index (χ2v) is 4.75. The number of methoxy groups -OCH3 is 1. The first-order chi connectivity index (χ1) is 9.76. The van der Waals surface area contributed by atoms with Crippen LogP contribution in [0.2, 0.25) is 0 Å². The number of aryl methyl sites for hydroxylation is 1. The fraction of sp³-hybridized carbons (Fsp3) is 0.400. The fourth-order valence-electron chi connectivity index (χ4n) is 2.31. The molecule has 5 nitrogen and oxygen atoms in total. The number of nitrogens with one attached hydrogen (secondary N) is 1. The average Bonchev–Trinajstić information content (AvgIpc) is 2.94. The van der Waals surface area contributed by atoms with Crippen molar-refractivity contribution in [2.75, 3.05) is 7.11 Å². The molecule has 0 bridgehead atoms. The predicted octanol–water partition coefficient (Wildman–Crippen LogP) is 1.53. The molecule has 3 N–H and O–H groups in total. The molecule has 108 valence electrons. The third-order valence-electron chi connectivity index (χ3n) is 3.42. The number of aromatic nitrogens is 2. The Kier molecular flexibility index (Phi) is 5.15. The number of hydrazine groups is 1. The van der Waals surface area contributed by atoms with E-state index in [0.29, 0.717) is 0 Å². The maximum atomic E-state index is 5.68. The number of ether oxygens (including phenoxy) is 1. The van der Waals surface area contributed by atoms with Crippen molar-refractivity contribution in [3.05, 3.63) is 48.0 Å². The van der Waals surface area contributed by atoms with Gasteiger partial charge in [-0.05, 0) is 31.0 Å². The molecule has 1 aromatic heterocycles. The van der Waals surface area contributed by atoms with E-state index in [-0.39, 0.29) is 6.04 Å². The summed E-state index contributed by atoms with van der Waals surface area (Å²) in [5.41, 5.74) is 4.08. The van der Waals surface area contributed by atoms with E-state index in [1.54, 1.807) is 7.11 Å². The zero-order valence-electron chi connectivity index (χ0n) is 12.0. The Morgan fingerprint density at radius 2 is 2.25 bits per heavy atom. The van der Waals surface area contributed by atoms with Crippen LogP contribution in [-0.2, 0) is 19.4 Å². The van der Waals surface area contributed by atoms with Gasteiger partial charge in [0.2, 0.25) is 0 Å². The summed E-state index contributed by atoms with van der Waals surface area (Å²) in [6.45, 7) is 3.03. The molecule has 5 heteroatoms. The first-order valence-corrected chi connectivity index (χ1v) is 6.85. The van der Waals surface area contributed by atoms with E-state index in [4.69, 9.17) is 10.6 Å². The zero-order chi connectivity index (χ0) is 14.4. The van der Waals surface area contributed by atoms with E-state index < -0.39 is 0 Å². The Morgan fingerprint density at radius 3 is 2.95 bits per heavy atom. The van der Waals surface area contributed by atoms with Crippen molar-refractivity contribution in [2.45, 2.75) is 32.4 Å². The molecule has 0 aliphatic carbocycles. The largest absolute Gasteiger partial charge is 0.497 e. The van der Waals surface area contributed by atoms with Crippen molar-refractivity contribution in [1.29, 1.82) is 0 Å². The standard InChI is InChI=1S/C15H22N4O/c1-3-19-8-7-17-15(19)11-13(18-16)9-12-5-4-6-14(10-12)20-2/h4-8,10,13,18H,3,9,11,16H2,1-2H3. The van der Waals surface area contributed by atoms with Crippen LogP contribution in [0.1, 0.15) is 18.3 Å². The molecule has 0 saturated heterocycles. The van der Waals surface area contributed by atoms with Gasteiger partial charge in [0, 0.05) is 31.4 Å². The highest BCUT2D eigenvalue weighted by Gasteiger charge is 2.12. The van der Waals surface area contributed by atoms with Gasteiger partial charge >= 0.3 is 0 Å². The molecule has 0 aliphatic rings. The maximum Gasteiger partial charge on any atom is 0.119 e. The van der Waals surface area contributed by atoms with Crippen LogP contribution in [0.5, 0.6) is 5.75 Å². The molecule has 0 aliphatic heterocycles. The number of nitrogens with two attached hydrogens (primary N) is 1. The molecule has 20 heavy (non-hydrogen) atoms. The second-order valence-electron chi connectivity index (χ2n) is 4.75. The third kappa shape index (κ3) is 3.59. The van der Waals surface area contributed by atoms with Gasteiger partial charge in [0.1, 0.15) is 11.6 Å². The van der Waals surface area contributed by atoms with Crippen LogP contribution in [0.3, 0.4) is 0 Å². The van der Waals surface area contributed by atoms with Crippen molar-refractivity contribution < 1.29 is 4.74 Å². The summed E-state index contributed by atoms with van der Waals surface area (Å²) in [4.78, 5) is 4.39. The van der Waals surface area contributed by atoms with Crippen molar-refractivity contribution >= 4 is 0 Å². The lowest BCUT2D eigenvalue weighted by molar-refractivity contribution is 0.413. The van der Waals surface area contributed by atoms with Gasteiger partial charge in [-0.2, -0.15) is 0 Å². The first kappa shape index (κ1) is 14.6. The SMILES string of the molecule is CCn1ccnc1CC(Cc1cccc(OC)c1)NN. The average molecular weight is 274 g/mol. The van der Waals surface area contributed by atoms with Crippen molar-refractivity contribution in [2.24, 2.45) is 5.84 Å². The Morgan fingerprint density at radius 1 is 1.40 bits per heavy atom. The van der Waals surface area contributed by atoms with Crippen LogP contribution in [0.15, 0.2) is 36.7 Å². The molecule has 0 amide bonds. The lowest BCUT2D eigenvalue weighted by Gasteiger charge is -2.16. The summed E-state index contributed by atoms with van der Waals surface area (Å²) in [7, 11) is 1.68. The van der Waals surface area contributed by atoms with Gasteiger partial charge in [-0.25, -0.2) is 4.98 Å². The highest BCUT2D eigenvalue weighted by atomic mass is 16.5. The molecule has 0 spiro atoms. The van der Waals surface area contributed by atoms with Crippen LogP contribution < -0.4 is 16.0 Å². The van der Waals surface area contributed by atoms with Gasteiger partial charge in [-0.3, -0.25) is 11.3 Å². The monoisotopic (exact) mass is 274 g/mol. The summed E-state index contributed by atoms with van der Waals surface area (Å²) in [5, 5.41) is 0. The summed E-state index contributed by atoms with van der Waals surface area (Å²) in [6, 6.07) is 8.21. The molecule has 1 aromatic carbocycles. The normalized spacial score (nSPS) is 12.3. The van der Waals surface area contributed by atoms with Crippen molar-refractivity contribution in [3.63, 3.8) is 0 Å². The van der Waals surface area contributed by atoms with Gasteiger partial charge in [-0.15, -0.1) is 0 Å². The topological polar surface area (TPSA) is 65.1 Å². The molecule has 1 heterocycles. The van der Waals surface area contributed by atoms with E-state index >= 15 is 0 Å². The molecule has 2 aromatic rings. The van der Waals surface area contributed by atoms with Crippen LogP contribution in [0.25, 0.3) is 0 Å². The summed E-state index contributed by atoms with van der Waals surface area (Å²) in [6.07, 6.45) is 5.46. The molecule has 1 unspecified atom stereocenters. The van der Waals surface area contributed by atoms with Crippen LogP contribution in [0, 0.1) is 0 Å². The number of hydrogen-bond donors (Lipinski definition) is 2. The summed E-state index contributed by atoms with van der Waals surface area (Å²) < 4.78 is 7.38. The molecule has 0 saturated carbocycles. The Bertz CT molecular complexity index is 538. The minimum atomic E-state index is 0.148. The Hall–Kier alpha value is -1.85. The minimum absolute atomic E-state index is 0.148. The maximum absolute atomic E-state index is 5.68. The van der Waals surface area contributed by atoms with Gasteiger partial charge in [0.25, 0.3) is 0 Å². The van der Waals surface area contributed by atoms with E-state index in [2.05, 4.69) is 28.0 Å². The quantitative estimate of drug-likeness (QED) is 0.593. The molecule has 1 atom stereocenters. The second kappa shape index (κ2) is 7.07. The molecule has 2 rings (SSSR count). The molecule has 0 fully saturated rings. The molecule has 0 radical (unpaired) electrons. The Balaban J connectivity index is 2.05. The molecular weight excluding hydrogens is 252 g/mol. The van der Waals surface area contributed by atoms with Crippen molar-refractivity contribution in [1.82, 2.24) is 15.0 Å². The first-order valence-electron chi connectivity index (χ1n) is 6.85. The fourth-order valence-corrected chi connectivity index (χ4v) is 2.31. The van der Waals surface area contributed by atoms with Gasteiger partial charge in [0.05, 0.1) is 7.11 Å². The highest BCUT2D eigenvalue weighted by Crippen LogP contribution is 2.15. The highest BCUT2D eigenvalue weighted by molar-refractivity contribution is 5.29. The smallest absolute Gasteiger partial charge is 0.119 e. The van der Waals surface area contributed by atoms with Gasteiger partial charge in [-0.1, -0.05) is 12.1 Å². The number of imidazole rings is 1. The minimum Gasteiger partial charge on any atom is -0.497 e. The third-order valence-corrected chi connectivity index (χ3v) is 3.42. The Labute approximate surface area is 119 Å². The van der Waals surface area contributed by atoms with E-state index in [9.17, 15) is 0 Å². The number of benzene rings is 1. The number of hydrogen-bond acceptors (Lipinski definition) is 4. The van der Waals surface area contributed by atoms with Crippen LogP contribution >= 0.6 is 0 Å². The van der Waals surface area contributed by atoms with E-state index in [0.717, 1.165) is 31.0 Å². The van der Waals surface area contributed by atoms with Crippen LogP contribution in [-0.4, -0.2) is 22.7 Å². The van der Waals surface area contributed by atoms with E-state index in [1.165, 1.54) is 5.56 Å². The number of nitrogens with zero attached hydrogens (tertiary/aromatic N) is 2. The van der Waals surface area contributed by atoms with Gasteiger partial charge in [0.15, 0.2) is 0 Å². The van der Waals surface area contributed by atoms with E-state index in [1.807, 2.05) is 30.6 Å². The summed E-state index contributed by atoms with van der Waals surface area (Å²) >= 11 is 0. The zero-order valence-corrected chi connectivity index (χ0v) is 12.0. The van der Waals surface area contributed by atoms with Gasteiger partial charge < -0.3 is 9.30 Å². The molecular formula is C15H22N4O. The lowest BCUT2D eigenvalue weighted by Crippen LogP contribution is -2.39. The summed E-state index contributed by atoms with van der Waals surface area (Å²) in [5.74, 6) is 7.60. The van der Waals surface area contributed by atoms with Crippen molar-refractivity contribution in [3.8, 4) is 5.75 Å².